The van der Waals surface area contributed by atoms with Crippen molar-refractivity contribution in [1.29, 1.82) is 0 Å². The topological polar surface area (TPSA) is 29.3 Å². The monoisotopic (exact) mass is 252 g/mol. The van der Waals surface area contributed by atoms with Crippen LogP contribution in [0.4, 0.5) is 0 Å². The molecule has 2 heteroatoms. The summed E-state index contributed by atoms with van der Waals surface area (Å²) in [7, 11) is 0. The first-order valence-electron chi connectivity index (χ1n) is 7.88. The highest BCUT2D eigenvalue weighted by molar-refractivity contribution is 5.06. The summed E-state index contributed by atoms with van der Waals surface area (Å²) < 4.78 is 0. The summed E-state index contributed by atoms with van der Waals surface area (Å²) in [5.74, 6) is 1.71. The van der Waals surface area contributed by atoms with Gasteiger partial charge in [-0.15, -0.1) is 0 Å². The molecule has 0 aliphatic heterocycles. The maximum Gasteiger partial charge on any atom is 0.0362 e. The molecule has 2 aliphatic carbocycles. The van der Waals surface area contributed by atoms with Gasteiger partial charge < -0.3 is 5.73 Å². The summed E-state index contributed by atoms with van der Waals surface area (Å²) in [4.78, 5) is 2.77. The van der Waals surface area contributed by atoms with Crippen LogP contribution in [-0.4, -0.2) is 30.1 Å². The van der Waals surface area contributed by atoms with Crippen molar-refractivity contribution in [3.8, 4) is 0 Å². The number of hydrogen-bond donors (Lipinski definition) is 1. The van der Waals surface area contributed by atoms with Gasteiger partial charge in [0, 0.05) is 18.6 Å². The Bertz CT molecular complexity index is 283. The van der Waals surface area contributed by atoms with Gasteiger partial charge in [-0.25, -0.2) is 0 Å². The second-order valence-electron chi connectivity index (χ2n) is 7.64. The molecule has 2 N–H and O–H groups in total. The van der Waals surface area contributed by atoms with Gasteiger partial charge in [0.25, 0.3) is 0 Å². The van der Waals surface area contributed by atoms with E-state index in [-0.39, 0.29) is 5.54 Å². The minimum Gasteiger partial charge on any atom is -0.329 e. The quantitative estimate of drug-likeness (QED) is 0.786. The molecule has 2 rings (SSSR count). The Balaban J connectivity index is 2.16. The molecule has 0 aromatic rings. The lowest BCUT2D eigenvalue weighted by atomic mass is 9.84. The average Bonchev–Trinajstić information content (AvgIpc) is 3.04. The van der Waals surface area contributed by atoms with Crippen LogP contribution in [0.2, 0.25) is 0 Å². The van der Waals surface area contributed by atoms with Crippen molar-refractivity contribution in [1.82, 2.24) is 4.90 Å². The minimum absolute atomic E-state index is 0.280. The summed E-state index contributed by atoms with van der Waals surface area (Å²) >= 11 is 0. The molecule has 18 heavy (non-hydrogen) atoms. The molecule has 2 unspecified atom stereocenters. The predicted molar refractivity (Wildman–Crippen MR) is 78.6 cm³/mol. The van der Waals surface area contributed by atoms with Gasteiger partial charge in [-0.1, -0.05) is 27.7 Å². The first-order valence-corrected chi connectivity index (χ1v) is 7.88. The molecule has 0 bridgehead atoms. The van der Waals surface area contributed by atoms with Crippen LogP contribution in [-0.2, 0) is 0 Å². The Morgan fingerprint density at radius 2 is 1.94 bits per heavy atom. The molecule has 0 amide bonds. The molecule has 2 nitrogen and oxygen atoms in total. The third-order valence-electron chi connectivity index (χ3n) is 5.21. The highest BCUT2D eigenvalue weighted by Crippen LogP contribution is 2.50. The lowest BCUT2D eigenvalue weighted by Gasteiger charge is -2.45. The lowest BCUT2D eigenvalue weighted by Crippen LogP contribution is -2.57. The fourth-order valence-corrected chi connectivity index (χ4v) is 4.30. The van der Waals surface area contributed by atoms with Gasteiger partial charge in [0.15, 0.2) is 0 Å². The summed E-state index contributed by atoms with van der Waals surface area (Å²) in [5.41, 5.74) is 7.01. The van der Waals surface area contributed by atoms with Crippen LogP contribution < -0.4 is 5.73 Å². The summed E-state index contributed by atoms with van der Waals surface area (Å²) in [6, 6.07) is 0. The fraction of sp³-hybridized carbons (Fsp3) is 1.00. The molecule has 2 fully saturated rings. The molecule has 0 heterocycles. The Labute approximate surface area is 113 Å². The predicted octanol–water partition coefficient (Wildman–Crippen LogP) is 3.26. The van der Waals surface area contributed by atoms with Crippen LogP contribution in [0.1, 0.15) is 59.8 Å². The lowest BCUT2D eigenvalue weighted by molar-refractivity contribution is 0.0540. The minimum atomic E-state index is 0.280. The van der Waals surface area contributed by atoms with Gasteiger partial charge in [-0.3, -0.25) is 4.90 Å². The van der Waals surface area contributed by atoms with E-state index >= 15 is 0 Å². The van der Waals surface area contributed by atoms with Crippen LogP contribution in [0.3, 0.4) is 0 Å². The molecule has 0 saturated heterocycles. The van der Waals surface area contributed by atoms with Crippen LogP contribution >= 0.6 is 0 Å². The summed E-state index contributed by atoms with van der Waals surface area (Å²) in [6.07, 6.45) is 6.75. The fourth-order valence-electron chi connectivity index (χ4n) is 4.30. The van der Waals surface area contributed by atoms with E-state index in [1.165, 1.54) is 45.2 Å². The van der Waals surface area contributed by atoms with Gasteiger partial charge in [0.05, 0.1) is 0 Å². The van der Waals surface area contributed by atoms with Crippen molar-refractivity contribution < 1.29 is 0 Å². The molecule has 0 aromatic heterocycles. The zero-order valence-corrected chi connectivity index (χ0v) is 12.8. The van der Waals surface area contributed by atoms with Crippen molar-refractivity contribution in [2.75, 3.05) is 19.6 Å². The smallest absolute Gasteiger partial charge is 0.0362 e. The largest absolute Gasteiger partial charge is 0.329 e. The summed E-state index contributed by atoms with van der Waals surface area (Å²) in [6.45, 7) is 12.9. The third kappa shape index (κ3) is 2.75. The first-order chi connectivity index (χ1) is 8.43. The van der Waals surface area contributed by atoms with Crippen molar-refractivity contribution >= 4 is 0 Å². The van der Waals surface area contributed by atoms with Crippen molar-refractivity contribution in [3.63, 3.8) is 0 Å². The van der Waals surface area contributed by atoms with Crippen molar-refractivity contribution in [3.05, 3.63) is 0 Å². The van der Waals surface area contributed by atoms with Crippen molar-refractivity contribution in [2.45, 2.75) is 65.3 Å². The van der Waals surface area contributed by atoms with E-state index in [0.717, 1.165) is 18.4 Å². The van der Waals surface area contributed by atoms with Crippen LogP contribution in [0.15, 0.2) is 0 Å². The van der Waals surface area contributed by atoms with E-state index < -0.39 is 0 Å². The Kier molecular flexibility index (Phi) is 4.08. The number of nitrogens with two attached hydrogens (primary N) is 1. The number of rotatable bonds is 6. The summed E-state index contributed by atoms with van der Waals surface area (Å²) in [5, 5.41) is 0. The molecular weight excluding hydrogens is 220 g/mol. The van der Waals surface area contributed by atoms with E-state index in [9.17, 15) is 0 Å². The highest BCUT2D eigenvalue weighted by atomic mass is 15.2. The molecular formula is C16H32N2. The number of hydrogen-bond acceptors (Lipinski definition) is 2. The molecule has 2 aliphatic rings. The first kappa shape index (κ1) is 14.3. The normalized spacial score (nSPS) is 35.3. The van der Waals surface area contributed by atoms with E-state index in [0.29, 0.717) is 5.41 Å². The maximum atomic E-state index is 6.27. The molecule has 0 radical (unpaired) electrons. The Hall–Kier alpha value is -0.0800. The third-order valence-corrected chi connectivity index (χ3v) is 5.21. The van der Waals surface area contributed by atoms with E-state index in [2.05, 4.69) is 32.6 Å². The molecule has 2 atom stereocenters. The standard InChI is InChI=1S/C16H32N2/c1-5-8-18(10-14-6-7-14)16(12-17)11-15(3,4)9-13(16)2/h13-14H,5-12,17H2,1-4H3. The Morgan fingerprint density at radius 1 is 1.28 bits per heavy atom. The van der Waals surface area contributed by atoms with Crippen LogP contribution in [0.25, 0.3) is 0 Å². The van der Waals surface area contributed by atoms with Crippen molar-refractivity contribution in [2.24, 2.45) is 23.0 Å². The highest BCUT2D eigenvalue weighted by Gasteiger charge is 2.51. The molecule has 0 spiro atoms. The average molecular weight is 252 g/mol. The second-order valence-corrected chi connectivity index (χ2v) is 7.64. The van der Waals surface area contributed by atoms with Gasteiger partial charge in [0.1, 0.15) is 0 Å². The Morgan fingerprint density at radius 3 is 2.33 bits per heavy atom. The van der Waals surface area contributed by atoms with E-state index in [1.54, 1.807) is 0 Å². The van der Waals surface area contributed by atoms with Gasteiger partial charge in [0.2, 0.25) is 0 Å². The molecule has 2 saturated carbocycles. The SMILES string of the molecule is CCCN(CC1CC1)C1(CN)CC(C)(C)CC1C. The van der Waals surface area contributed by atoms with Gasteiger partial charge in [-0.2, -0.15) is 0 Å². The molecule has 106 valence electrons. The van der Waals surface area contributed by atoms with Gasteiger partial charge in [-0.05, 0) is 55.9 Å². The second kappa shape index (κ2) is 5.13. The maximum absolute atomic E-state index is 6.27. The molecule has 0 aromatic carbocycles. The van der Waals surface area contributed by atoms with Crippen LogP contribution in [0.5, 0.6) is 0 Å². The van der Waals surface area contributed by atoms with Gasteiger partial charge >= 0.3 is 0 Å². The zero-order valence-electron chi connectivity index (χ0n) is 12.8. The zero-order chi connectivity index (χ0) is 13.4. The number of nitrogens with zero attached hydrogens (tertiary/aromatic N) is 1. The van der Waals surface area contributed by atoms with E-state index in [1.807, 2.05) is 0 Å². The van der Waals surface area contributed by atoms with E-state index in [4.69, 9.17) is 5.73 Å². The van der Waals surface area contributed by atoms with Crippen LogP contribution in [0, 0.1) is 17.3 Å².